The molecule has 0 atom stereocenters. The molecule has 1 aromatic carbocycles. The van der Waals surface area contributed by atoms with Gasteiger partial charge in [-0.3, -0.25) is 9.59 Å². The van der Waals surface area contributed by atoms with Crippen LogP contribution in [0.4, 0.5) is 0 Å². The molecule has 1 fully saturated rings. The molecule has 2 amide bonds. The Morgan fingerprint density at radius 2 is 2.33 bits per heavy atom. The van der Waals surface area contributed by atoms with Crippen LogP contribution < -0.4 is 10.1 Å². The first kappa shape index (κ1) is 15.7. The minimum Gasteiger partial charge on any atom is -0.494 e. The number of nitrogens with zero attached hydrogens (tertiary/aromatic N) is 1. The molecule has 1 saturated heterocycles. The van der Waals surface area contributed by atoms with Crippen molar-refractivity contribution in [1.82, 2.24) is 10.2 Å². The molecule has 114 valence electrons. The quantitative estimate of drug-likeness (QED) is 0.774. The highest BCUT2D eigenvalue weighted by molar-refractivity contribution is 8.00. The number of rotatable bonds is 7. The van der Waals surface area contributed by atoms with Gasteiger partial charge in [0.05, 0.1) is 18.2 Å². The summed E-state index contributed by atoms with van der Waals surface area (Å²) in [6.07, 6.45) is 0.738. The highest BCUT2D eigenvalue weighted by Crippen LogP contribution is 2.14. The molecule has 2 rings (SSSR count). The van der Waals surface area contributed by atoms with Gasteiger partial charge < -0.3 is 15.0 Å². The number of thioether (sulfide) groups is 1. The van der Waals surface area contributed by atoms with Crippen molar-refractivity contribution >= 4 is 23.6 Å². The van der Waals surface area contributed by atoms with Crippen LogP contribution in [0.15, 0.2) is 24.3 Å². The first-order chi connectivity index (χ1) is 10.1. The molecule has 0 aliphatic carbocycles. The molecule has 1 aliphatic rings. The summed E-state index contributed by atoms with van der Waals surface area (Å²) < 4.78 is 5.60. The van der Waals surface area contributed by atoms with Gasteiger partial charge in [-0.1, -0.05) is 12.1 Å². The SMILES string of the molecule is Cc1cccc(OCCCNC(=O)CN2CSCC2=O)c1. The number of benzene rings is 1. The van der Waals surface area contributed by atoms with Crippen LogP contribution in [0.2, 0.25) is 0 Å². The van der Waals surface area contributed by atoms with Gasteiger partial charge in [-0.25, -0.2) is 0 Å². The van der Waals surface area contributed by atoms with Crippen molar-refractivity contribution < 1.29 is 14.3 Å². The molecule has 0 unspecified atom stereocenters. The molecule has 0 aromatic heterocycles. The van der Waals surface area contributed by atoms with Gasteiger partial charge in [0.15, 0.2) is 0 Å². The van der Waals surface area contributed by atoms with Gasteiger partial charge in [-0.15, -0.1) is 11.8 Å². The standard InChI is InChI=1S/C15H20N2O3S/c1-12-4-2-5-13(8-12)20-7-3-6-16-14(18)9-17-11-21-10-15(17)19/h2,4-5,8H,3,6-7,9-11H2,1H3,(H,16,18). The van der Waals surface area contributed by atoms with Crippen LogP contribution in [-0.4, -0.2) is 48.0 Å². The number of carbonyl (C=O) groups is 2. The van der Waals surface area contributed by atoms with E-state index in [4.69, 9.17) is 4.74 Å². The molecule has 0 bridgehead atoms. The Hall–Kier alpha value is -1.69. The summed E-state index contributed by atoms with van der Waals surface area (Å²) in [6.45, 7) is 3.29. The minimum atomic E-state index is -0.110. The van der Waals surface area contributed by atoms with Crippen molar-refractivity contribution in [2.45, 2.75) is 13.3 Å². The summed E-state index contributed by atoms with van der Waals surface area (Å²) in [5.74, 6) is 1.88. The van der Waals surface area contributed by atoms with E-state index in [1.54, 1.807) is 4.90 Å². The molecule has 1 aliphatic heterocycles. The molecule has 0 saturated carbocycles. The third kappa shape index (κ3) is 5.30. The molecule has 1 aromatic rings. The largest absolute Gasteiger partial charge is 0.494 e. The summed E-state index contributed by atoms with van der Waals surface area (Å²) in [5.41, 5.74) is 1.16. The van der Waals surface area contributed by atoms with E-state index in [0.29, 0.717) is 24.8 Å². The van der Waals surface area contributed by atoms with Gasteiger partial charge in [-0.05, 0) is 31.0 Å². The van der Waals surface area contributed by atoms with Crippen LogP contribution in [0.5, 0.6) is 5.75 Å². The number of aryl methyl sites for hydroxylation is 1. The van der Waals surface area contributed by atoms with Crippen LogP contribution in [0, 0.1) is 6.92 Å². The summed E-state index contributed by atoms with van der Waals surface area (Å²) in [7, 11) is 0. The van der Waals surface area contributed by atoms with Crippen LogP contribution in [0.1, 0.15) is 12.0 Å². The highest BCUT2D eigenvalue weighted by Gasteiger charge is 2.22. The molecule has 1 N–H and O–H groups in total. The Morgan fingerprint density at radius 3 is 3.05 bits per heavy atom. The van der Waals surface area contributed by atoms with Gasteiger partial charge in [-0.2, -0.15) is 0 Å². The topological polar surface area (TPSA) is 58.6 Å². The second-order valence-corrected chi connectivity index (χ2v) is 5.89. The Balaban J connectivity index is 1.57. The zero-order valence-corrected chi connectivity index (χ0v) is 12.9. The maximum absolute atomic E-state index is 11.7. The number of ether oxygens (including phenoxy) is 1. The fourth-order valence-electron chi connectivity index (χ4n) is 1.96. The van der Waals surface area contributed by atoms with Crippen molar-refractivity contribution in [2.75, 3.05) is 31.3 Å². The summed E-state index contributed by atoms with van der Waals surface area (Å²) in [5, 5.41) is 2.81. The van der Waals surface area contributed by atoms with Gasteiger partial charge >= 0.3 is 0 Å². The minimum absolute atomic E-state index is 0.0398. The predicted octanol–water partition coefficient (Wildman–Crippen LogP) is 1.41. The second kappa shape index (κ2) is 7.93. The Labute approximate surface area is 129 Å². The van der Waals surface area contributed by atoms with Crippen molar-refractivity contribution in [3.05, 3.63) is 29.8 Å². The van der Waals surface area contributed by atoms with E-state index < -0.39 is 0 Å². The number of nitrogens with one attached hydrogen (secondary N) is 1. The van der Waals surface area contributed by atoms with Gasteiger partial charge in [0.25, 0.3) is 0 Å². The molecule has 5 nitrogen and oxygen atoms in total. The molecule has 6 heteroatoms. The highest BCUT2D eigenvalue weighted by atomic mass is 32.2. The van der Waals surface area contributed by atoms with E-state index in [0.717, 1.165) is 17.7 Å². The van der Waals surface area contributed by atoms with Crippen molar-refractivity contribution in [2.24, 2.45) is 0 Å². The zero-order chi connectivity index (χ0) is 15.1. The number of hydrogen-bond donors (Lipinski definition) is 1. The lowest BCUT2D eigenvalue weighted by molar-refractivity contribution is -0.132. The smallest absolute Gasteiger partial charge is 0.239 e. The molecular weight excluding hydrogens is 288 g/mol. The van der Waals surface area contributed by atoms with Crippen molar-refractivity contribution in [3.8, 4) is 5.75 Å². The number of hydrogen-bond acceptors (Lipinski definition) is 4. The molecule has 1 heterocycles. The molecule has 21 heavy (non-hydrogen) atoms. The maximum Gasteiger partial charge on any atom is 0.239 e. The summed E-state index contributed by atoms with van der Waals surface area (Å²) in [4.78, 5) is 24.6. The van der Waals surface area contributed by atoms with E-state index in [1.165, 1.54) is 11.8 Å². The molecule has 0 radical (unpaired) electrons. The first-order valence-electron chi connectivity index (χ1n) is 6.97. The summed E-state index contributed by atoms with van der Waals surface area (Å²) in [6, 6.07) is 7.87. The van der Waals surface area contributed by atoms with E-state index in [9.17, 15) is 9.59 Å². The van der Waals surface area contributed by atoms with Crippen molar-refractivity contribution in [1.29, 1.82) is 0 Å². The molecular formula is C15H20N2O3S. The van der Waals surface area contributed by atoms with E-state index in [1.807, 2.05) is 31.2 Å². The average molecular weight is 308 g/mol. The normalized spacial score (nSPS) is 14.3. The third-order valence-electron chi connectivity index (χ3n) is 3.06. The number of carbonyl (C=O) groups excluding carboxylic acids is 2. The Kier molecular flexibility index (Phi) is 5.92. The predicted molar refractivity (Wildman–Crippen MR) is 83.3 cm³/mol. The molecule has 0 spiro atoms. The first-order valence-corrected chi connectivity index (χ1v) is 8.12. The summed E-state index contributed by atoms with van der Waals surface area (Å²) >= 11 is 1.54. The zero-order valence-electron chi connectivity index (χ0n) is 12.1. The Morgan fingerprint density at radius 1 is 1.48 bits per heavy atom. The van der Waals surface area contributed by atoms with Gasteiger partial charge in [0, 0.05) is 6.54 Å². The fourth-order valence-corrected chi connectivity index (χ4v) is 2.87. The van der Waals surface area contributed by atoms with Gasteiger partial charge in [0.1, 0.15) is 12.3 Å². The van der Waals surface area contributed by atoms with Gasteiger partial charge in [0.2, 0.25) is 11.8 Å². The van der Waals surface area contributed by atoms with E-state index in [-0.39, 0.29) is 18.4 Å². The Bertz CT molecular complexity index is 507. The van der Waals surface area contributed by atoms with Crippen LogP contribution in [0.25, 0.3) is 0 Å². The van der Waals surface area contributed by atoms with E-state index in [2.05, 4.69) is 5.32 Å². The van der Waals surface area contributed by atoms with Crippen molar-refractivity contribution in [3.63, 3.8) is 0 Å². The van der Waals surface area contributed by atoms with Crippen LogP contribution >= 0.6 is 11.8 Å². The monoisotopic (exact) mass is 308 g/mol. The number of amides is 2. The fraction of sp³-hybridized carbons (Fsp3) is 0.467. The maximum atomic E-state index is 11.7. The third-order valence-corrected chi connectivity index (χ3v) is 4.01. The van der Waals surface area contributed by atoms with Crippen LogP contribution in [-0.2, 0) is 9.59 Å². The lowest BCUT2D eigenvalue weighted by atomic mass is 10.2. The average Bonchev–Trinajstić information content (AvgIpc) is 2.84. The lowest BCUT2D eigenvalue weighted by Gasteiger charge is -2.14. The van der Waals surface area contributed by atoms with Crippen LogP contribution in [0.3, 0.4) is 0 Å². The van der Waals surface area contributed by atoms with E-state index >= 15 is 0 Å². The second-order valence-electron chi connectivity index (χ2n) is 4.94. The lowest BCUT2D eigenvalue weighted by Crippen LogP contribution is -2.38.